The Balaban J connectivity index is 1.82. The molecule has 0 saturated carbocycles. The van der Waals surface area contributed by atoms with Crippen molar-refractivity contribution in [2.45, 2.75) is 38.7 Å². The van der Waals surface area contributed by atoms with Crippen molar-refractivity contribution in [2.75, 3.05) is 18.5 Å². The quantitative estimate of drug-likeness (QED) is 0.886. The molecule has 4 nitrogen and oxygen atoms in total. The number of ether oxygens (including phenoxy) is 1. The van der Waals surface area contributed by atoms with Gasteiger partial charge in [-0.05, 0) is 44.7 Å². The summed E-state index contributed by atoms with van der Waals surface area (Å²) in [5.74, 6) is 0.780. The smallest absolute Gasteiger partial charge is 0.127 e. The highest BCUT2D eigenvalue weighted by molar-refractivity contribution is 5.44. The van der Waals surface area contributed by atoms with Crippen molar-refractivity contribution in [2.24, 2.45) is 0 Å². The Labute approximate surface area is 108 Å². The Bertz CT molecular complexity index is 433. The van der Waals surface area contributed by atoms with Crippen LogP contribution < -0.4 is 5.32 Å². The monoisotopic (exact) mass is 245 g/mol. The Morgan fingerprint density at radius 1 is 1.50 bits per heavy atom. The van der Waals surface area contributed by atoms with Gasteiger partial charge in [0, 0.05) is 18.8 Å². The summed E-state index contributed by atoms with van der Waals surface area (Å²) in [6.07, 6.45) is 5.00. The largest absolute Gasteiger partial charge is 0.378 e. The topological polar surface area (TPSA) is 57.9 Å². The first-order chi connectivity index (χ1) is 8.78. The first-order valence-corrected chi connectivity index (χ1v) is 6.52. The Hall–Kier alpha value is -1.60. The zero-order valence-electron chi connectivity index (χ0n) is 10.8. The number of nitrogens with one attached hydrogen (secondary N) is 1. The lowest BCUT2D eigenvalue weighted by molar-refractivity contribution is 0.0134. The van der Waals surface area contributed by atoms with Gasteiger partial charge in [0.2, 0.25) is 0 Å². The lowest BCUT2D eigenvalue weighted by atomic mass is 10.1. The third-order valence-electron chi connectivity index (χ3n) is 3.13. The molecule has 1 unspecified atom stereocenters. The SMILES string of the molecule is Cc1cc(C#N)cc(NCCC2CCCCO2)n1. The molecule has 4 heteroatoms. The Morgan fingerprint density at radius 3 is 3.11 bits per heavy atom. The van der Waals surface area contributed by atoms with E-state index in [1.165, 1.54) is 12.8 Å². The number of hydrogen-bond donors (Lipinski definition) is 1. The van der Waals surface area contributed by atoms with Crippen molar-refractivity contribution in [1.29, 1.82) is 5.26 Å². The average molecular weight is 245 g/mol. The van der Waals surface area contributed by atoms with E-state index in [1.807, 2.05) is 6.92 Å². The van der Waals surface area contributed by atoms with Gasteiger partial charge in [-0.1, -0.05) is 0 Å². The first kappa shape index (κ1) is 12.8. The molecule has 1 saturated heterocycles. The molecule has 2 rings (SSSR count). The molecule has 1 aromatic rings. The van der Waals surface area contributed by atoms with Gasteiger partial charge in [-0.2, -0.15) is 5.26 Å². The summed E-state index contributed by atoms with van der Waals surface area (Å²) in [5.41, 5.74) is 1.52. The molecule has 1 aromatic heterocycles. The fourth-order valence-corrected chi connectivity index (χ4v) is 2.22. The van der Waals surface area contributed by atoms with Gasteiger partial charge in [0.15, 0.2) is 0 Å². The molecular formula is C14H19N3O. The van der Waals surface area contributed by atoms with Gasteiger partial charge in [-0.3, -0.25) is 0 Å². The van der Waals surface area contributed by atoms with E-state index in [9.17, 15) is 0 Å². The van der Waals surface area contributed by atoms with Crippen LogP contribution in [-0.2, 0) is 4.74 Å². The van der Waals surface area contributed by atoms with Gasteiger partial charge in [0.05, 0.1) is 17.7 Å². The zero-order chi connectivity index (χ0) is 12.8. The summed E-state index contributed by atoms with van der Waals surface area (Å²) in [6, 6.07) is 5.72. The van der Waals surface area contributed by atoms with E-state index in [0.717, 1.165) is 37.5 Å². The molecule has 96 valence electrons. The van der Waals surface area contributed by atoms with Crippen LogP contribution in [-0.4, -0.2) is 24.2 Å². The number of rotatable bonds is 4. The molecule has 1 aliphatic rings. The fraction of sp³-hybridized carbons (Fsp3) is 0.571. The van der Waals surface area contributed by atoms with Crippen LogP contribution in [0.2, 0.25) is 0 Å². The second-order valence-electron chi connectivity index (χ2n) is 4.70. The lowest BCUT2D eigenvalue weighted by Gasteiger charge is -2.22. The second kappa shape index (κ2) is 6.36. The summed E-state index contributed by atoms with van der Waals surface area (Å²) < 4.78 is 5.67. The fourth-order valence-electron chi connectivity index (χ4n) is 2.22. The second-order valence-corrected chi connectivity index (χ2v) is 4.70. The van der Waals surface area contributed by atoms with E-state index in [0.29, 0.717) is 11.7 Å². The van der Waals surface area contributed by atoms with Crippen LogP contribution >= 0.6 is 0 Å². The molecule has 0 aromatic carbocycles. The number of aromatic nitrogens is 1. The molecule has 0 aliphatic carbocycles. The van der Waals surface area contributed by atoms with Crippen molar-refractivity contribution in [3.8, 4) is 6.07 Å². The standard InChI is InChI=1S/C14H19N3O/c1-11-8-12(10-15)9-14(17-11)16-6-5-13-4-2-3-7-18-13/h8-9,13H,2-7H2,1H3,(H,16,17). The summed E-state index contributed by atoms with van der Waals surface area (Å²) >= 11 is 0. The third kappa shape index (κ3) is 3.71. The van der Waals surface area contributed by atoms with Gasteiger partial charge in [0.1, 0.15) is 5.82 Å². The molecule has 0 amide bonds. The van der Waals surface area contributed by atoms with Crippen LogP contribution in [0, 0.1) is 18.3 Å². The molecular weight excluding hydrogens is 226 g/mol. The van der Waals surface area contributed by atoms with Crippen molar-refractivity contribution in [1.82, 2.24) is 4.98 Å². The summed E-state index contributed by atoms with van der Waals surface area (Å²) in [4.78, 5) is 4.36. The summed E-state index contributed by atoms with van der Waals surface area (Å²) in [7, 11) is 0. The van der Waals surface area contributed by atoms with Crippen LogP contribution in [0.4, 0.5) is 5.82 Å². The predicted octanol–water partition coefficient (Wildman–Crippen LogP) is 2.63. The summed E-state index contributed by atoms with van der Waals surface area (Å²) in [6.45, 7) is 3.63. The highest BCUT2D eigenvalue weighted by Gasteiger charge is 2.13. The highest BCUT2D eigenvalue weighted by Crippen LogP contribution is 2.16. The van der Waals surface area contributed by atoms with E-state index in [2.05, 4.69) is 16.4 Å². The minimum Gasteiger partial charge on any atom is -0.378 e. The Morgan fingerprint density at radius 2 is 2.39 bits per heavy atom. The molecule has 2 heterocycles. The first-order valence-electron chi connectivity index (χ1n) is 6.52. The maximum absolute atomic E-state index is 8.89. The van der Waals surface area contributed by atoms with Crippen LogP contribution in [0.3, 0.4) is 0 Å². The molecule has 0 spiro atoms. The van der Waals surface area contributed by atoms with Crippen molar-refractivity contribution in [3.63, 3.8) is 0 Å². The van der Waals surface area contributed by atoms with Gasteiger partial charge < -0.3 is 10.1 Å². The minimum absolute atomic E-state index is 0.381. The van der Waals surface area contributed by atoms with Crippen LogP contribution in [0.5, 0.6) is 0 Å². The number of pyridine rings is 1. The highest BCUT2D eigenvalue weighted by atomic mass is 16.5. The minimum atomic E-state index is 0.381. The number of nitriles is 1. The van der Waals surface area contributed by atoms with Gasteiger partial charge in [0.25, 0.3) is 0 Å². The molecule has 18 heavy (non-hydrogen) atoms. The molecule has 1 aliphatic heterocycles. The van der Waals surface area contributed by atoms with Crippen LogP contribution in [0.25, 0.3) is 0 Å². The third-order valence-corrected chi connectivity index (χ3v) is 3.13. The maximum atomic E-state index is 8.89. The molecule has 0 bridgehead atoms. The Kier molecular flexibility index (Phi) is 4.54. The van der Waals surface area contributed by atoms with Crippen LogP contribution in [0.1, 0.15) is 36.9 Å². The van der Waals surface area contributed by atoms with E-state index < -0.39 is 0 Å². The maximum Gasteiger partial charge on any atom is 0.127 e. The van der Waals surface area contributed by atoms with Gasteiger partial charge in [-0.15, -0.1) is 0 Å². The van der Waals surface area contributed by atoms with Crippen molar-refractivity contribution in [3.05, 3.63) is 23.4 Å². The molecule has 0 radical (unpaired) electrons. The molecule has 1 N–H and O–H groups in total. The van der Waals surface area contributed by atoms with Crippen molar-refractivity contribution < 1.29 is 4.74 Å². The zero-order valence-corrected chi connectivity index (χ0v) is 10.8. The summed E-state index contributed by atoms with van der Waals surface area (Å²) in [5, 5.41) is 12.2. The number of anilines is 1. The predicted molar refractivity (Wildman–Crippen MR) is 70.4 cm³/mol. The number of hydrogen-bond acceptors (Lipinski definition) is 4. The van der Waals surface area contributed by atoms with E-state index in [4.69, 9.17) is 10.00 Å². The van der Waals surface area contributed by atoms with Gasteiger partial charge >= 0.3 is 0 Å². The number of aryl methyl sites for hydroxylation is 1. The normalized spacial score (nSPS) is 19.2. The van der Waals surface area contributed by atoms with Crippen molar-refractivity contribution >= 4 is 5.82 Å². The van der Waals surface area contributed by atoms with E-state index in [1.54, 1.807) is 12.1 Å². The number of nitrogens with zero attached hydrogens (tertiary/aromatic N) is 2. The average Bonchev–Trinajstić information content (AvgIpc) is 2.39. The van der Waals surface area contributed by atoms with Gasteiger partial charge in [-0.25, -0.2) is 4.98 Å². The van der Waals surface area contributed by atoms with Crippen LogP contribution in [0.15, 0.2) is 12.1 Å². The van der Waals surface area contributed by atoms with E-state index >= 15 is 0 Å². The molecule has 1 atom stereocenters. The van der Waals surface area contributed by atoms with E-state index in [-0.39, 0.29) is 0 Å². The molecule has 1 fully saturated rings. The lowest BCUT2D eigenvalue weighted by Crippen LogP contribution is -2.22.